The van der Waals surface area contributed by atoms with E-state index in [0.29, 0.717) is 5.69 Å². The standard InChI is InChI=1S/C11H6N4O/c12-4-8-1-10(3-11(16)2-8)15-7-9(5-13)6-14/h1-3,7,15-16H. The largest absolute Gasteiger partial charge is 0.508 e. The summed E-state index contributed by atoms with van der Waals surface area (Å²) in [6, 6.07) is 9.40. The second-order valence-corrected chi connectivity index (χ2v) is 2.81. The zero-order valence-corrected chi connectivity index (χ0v) is 8.10. The summed E-state index contributed by atoms with van der Waals surface area (Å²) >= 11 is 0. The lowest BCUT2D eigenvalue weighted by Gasteiger charge is -2.01. The van der Waals surface area contributed by atoms with E-state index in [9.17, 15) is 5.11 Å². The molecule has 1 aromatic rings. The number of benzene rings is 1. The monoisotopic (exact) mass is 210 g/mol. The van der Waals surface area contributed by atoms with Crippen LogP contribution in [0.5, 0.6) is 5.75 Å². The van der Waals surface area contributed by atoms with Gasteiger partial charge in [-0.3, -0.25) is 0 Å². The number of aromatic hydroxyl groups is 1. The maximum absolute atomic E-state index is 9.26. The van der Waals surface area contributed by atoms with Crippen LogP contribution in [0.1, 0.15) is 5.56 Å². The quantitative estimate of drug-likeness (QED) is 0.721. The molecule has 0 aliphatic heterocycles. The van der Waals surface area contributed by atoms with Gasteiger partial charge in [0.1, 0.15) is 23.5 Å². The Hall–Kier alpha value is -2.97. The third-order valence-electron chi connectivity index (χ3n) is 1.67. The molecule has 0 saturated heterocycles. The minimum atomic E-state index is -0.0955. The molecule has 2 N–H and O–H groups in total. The SMILES string of the molecule is N#CC(C#N)=CNc1cc(O)cc(C#N)c1. The topological polar surface area (TPSA) is 104 Å². The molecule has 0 amide bonds. The molecule has 0 atom stereocenters. The van der Waals surface area contributed by atoms with Gasteiger partial charge in [-0.05, 0) is 12.1 Å². The Balaban J connectivity index is 2.97. The number of nitrogens with one attached hydrogen (secondary N) is 1. The summed E-state index contributed by atoms with van der Waals surface area (Å²) in [4.78, 5) is 0. The Morgan fingerprint density at radius 2 is 1.88 bits per heavy atom. The predicted octanol–water partition coefficient (Wildman–Crippen LogP) is 1.61. The summed E-state index contributed by atoms with van der Waals surface area (Å²) < 4.78 is 0. The van der Waals surface area contributed by atoms with E-state index >= 15 is 0 Å². The van der Waals surface area contributed by atoms with Gasteiger partial charge in [0.25, 0.3) is 0 Å². The van der Waals surface area contributed by atoms with Crippen molar-refractivity contribution in [3.8, 4) is 24.0 Å². The van der Waals surface area contributed by atoms with Crippen molar-refractivity contribution in [2.75, 3.05) is 5.32 Å². The van der Waals surface area contributed by atoms with Crippen LogP contribution in [0.3, 0.4) is 0 Å². The lowest BCUT2D eigenvalue weighted by Crippen LogP contribution is -1.90. The lowest BCUT2D eigenvalue weighted by atomic mass is 10.2. The number of phenols is 1. The molecule has 0 aromatic heterocycles. The third kappa shape index (κ3) is 2.77. The van der Waals surface area contributed by atoms with Gasteiger partial charge in [0.2, 0.25) is 0 Å². The number of anilines is 1. The fourth-order valence-corrected chi connectivity index (χ4v) is 1.00. The summed E-state index contributed by atoms with van der Waals surface area (Å²) in [7, 11) is 0. The highest BCUT2D eigenvalue weighted by atomic mass is 16.3. The molecule has 0 saturated carbocycles. The zero-order chi connectivity index (χ0) is 12.0. The van der Waals surface area contributed by atoms with Crippen LogP contribution in [0.25, 0.3) is 0 Å². The Morgan fingerprint density at radius 1 is 1.19 bits per heavy atom. The number of allylic oxidation sites excluding steroid dienone is 1. The van der Waals surface area contributed by atoms with Crippen LogP contribution >= 0.6 is 0 Å². The molecule has 0 heterocycles. The van der Waals surface area contributed by atoms with E-state index in [1.54, 1.807) is 12.1 Å². The van der Waals surface area contributed by atoms with Crippen LogP contribution in [0, 0.1) is 34.0 Å². The average molecular weight is 210 g/mol. The molecule has 0 bridgehead atoms. The molecular formula is C11H6N4O. The van der Waals surface area contributed by atoms with Gasteiger partial charge in [-0.2, -0.15) is 15.8 Å². The van der Waals surface area contributed by atoms with Gasteiger partial charge in [0, 0.05) is 18.0 Å². The first kappa shape index (κ1) is 11.1. The van der Waals surface area contributed by atoms with Crippen LogP contribution < -0.4 is 5.32 Å². The van der Waals surface area contributed by atoms with Gasteiger partial charge in [-0.15, -0.1) is 0 Å². The first-order valence-electron chi connectivity index (χ1n) is 4.20. The van der Waals surface area contributed by atoms with E-state index < -0.39 is 0 Å². The molecule has 0 radical (unpaired) electrons. The maximum Gasteiger partial charge on any atom is 0.145 e. The molecule has 0 aliphatic rings. The first-order valence-corrected chi connectivity index (χ1v) is 4.20. The van der Waals surface area contributed by atoms with Crippen molar-refractivity contribution in [1.82, 2.24) is 0 Å². The molecule has 0 spiro atoms. The minimum Gasteiger partial charge on any atom is -0.508 e. The summed E-state index contributed by atoms with van der Waals surface area (Å²) in [5.74, 6) is -0.0644. The van der Waals surface area contributed by atoms with Crippen molar-refractivity contribution in [3.63, 3.8) is 0 Å². The molecular weight excluding hydrogens is 204 g/mol. The van der Waals surface area contributed by atoms with Crippen molar-refractivity contribution >= 4 is 5.69 Å². The predicted molar refractivity (Wildman–Crippen MR) is 55.8 cm³/mol. The van der Waals surface area contributed by atoms with Crippen molar-refractivity contribution in [2.45, 2.75) is 0 Å². The fraction of sp³-hybridized carbons (Fsp3) is 0. The summed E-state index contributed by atoms with van der Waals surface area (Å²) in [5.41, 5.74) is 0.618. The molecule has 5 heteroatoms. The summed E-state index contributed by atoms with van der Waals surface area (Å²) in [5, 5.41) is 37.5. The van der Waals surface area contributed by atoms with Gasteiger partial charge in [0.15, 0.2) is 0 Å². The maximum atomic E-state index is 9.26. The number of nitriles is 3. The number of nitrogens with zero attached hydrogens (tertiary/aromatic N) is 3. The number of hydrogen-bond donors (Lipinski definition) is 2. The van der Waals surface area contributed by atoms with E-state index in [-0.39, 0.29) is 16.9 Å². The van der Waals surface area contributed by atoms with Gasteiger partial charge in [0.05, 0.1) is 11.6 Å². The van der Waals surface area contributed by atoms with Gasteiger partial charge < -0.3 is 10.4 Å². The third-order valence-corrected chi connectivity index (χ3v) is 1.67. The number of rotatable bonds is 2. The lowest BCUT2D eigenvalue weighted by molar-refractivity contribution is 0.475. The molecule has 0 unspecified atom stereocenters. The average Bonchev–Trinajstić information content (AvgIpc) is 2.29. The van der Waals surface area contributed by atoms with Gasteiger partial charge in [-0.25, -0.2) is 0 Å². The smallest absolute Gasteiger partial charge is 0.145 e. The normalized spacial score (nSPS) is 8.06. The zero-order valence-electron chi connectivity index (χ0n) is 8.10. The highest BCUT2D eigenvalue weighted by Crippen LogP contribution is 2.19. The number of hydrogen-bond acceptors (Lipinski definition) is 5. The Bertz CT molecular complexity index is 539. The molecule has 0 fully saturated rings. The Labute approximate surface area is 92.1 Å². The Morgan fingerprint density at radius 3 is 2.44 bits per heavy atom. The fourth-order valence-electron chi connectivity index (χ4n) is 1.00. The molecule has 0 aliphatic carbocycles. The van der Waals surface area contributed by atoms with E-state index in [2.05, 4.69) is 5.32 Å². The van der Waals surface area contributed by atoms with Crippen molar-refractivity contribution in [2.24, 2.45) is 0 Å². The van der Waals surface area contributed by atoms with E-state index in [1.165, 1.54) is 24.4 Å². The Kier molecular flexibility index (Phi) is 3.50. The number of phenolic OH excluding ortho intramolecular Hbond substituents is 1. The summed E-state index contributed by atoms with van der Waals surface area (Å²) in [6.07, 6.45) is 1.20. The minimum absolute atomic E-state index is 0.0644. The molecule has 76 valence electrons. The van der Waals surface area contributed by atoms with Gasteiger partial charge >= 0.3 is 0 Å². The van der Waals surface area contributed by atoms with Crippen LogP contribution in [0.2, 0.25) is 0 Å². The summed E-state index contributed by atoms with van der Waals surface area (Å²) in [6.45, 7) is 0. The van der Waals surface area contributed by atoms with Crippen molar-refractivity contribution in [1.29, 1.82) is 15.8 Å². The van der Waals surface area contributed by atoms with Crippen molar-refractivity contribution < 1.29 is 5.11 Å². The van der Waals surface area contributed by atoms with Crippen LogP contribution in [0.15, 0.2) is 30.0 Å². The van der Waals surface area contributed by atoms with E-state index in [0.717, 1.165) is 0 Å². The highest BCUT2D eigenvalue weighted by Gasteiger charge is 1.98. The first-order chi connectivity index (χ1) is 7.69. The van der Waals surface area contributed by atoms with Gasteiger partial charge in [-0.1, -0.05) is 0 Å². The molecule has 16 heavy (non-hydrogen) atoms. The van der Waals surface area contributed by atoms with Crippen LogP contribution in [-0.2, 0) is 0 Å². The van der Waals surface area contributed by atoms with E-state index in [1.807, 2.05) is 6.07 Å². The molecule has 5 nitrogen and oxygen atoms in total. The molecule has 1 aromatic carbocycles. The van der Waals surface area contributed by atoms with E-state index in [4.69, 9.17) is 15.8 Å². The van der Waals surface area contributed by atoms with Crippen molar-refractivity contribution in [3.05, 3.63) is 35.5 Å². The van der Waals surface area contributed by atoms with Crippen LogP contribution in [-0.4, -0.2) is 5.11 Å². The highest BCUT2D eigenvalue weighted by molar-refractivity contribution is 5.56. The second-order valence-electron chi connectivity index (χ2n) is 2.81. The molecule has 1 rings (SSSR count). The second kappa shape index (κ2) is 5.05. The van der Waals surface area contributed by atoms with Crippen LogP contribution in [0.4, 0.5) is 5.69 Å².